The minimum absolute atomic E-state index is 0.178. The molecule has 0 heterocycles. The highest BCUT2D eigenvalue weighted by molar-refractivity contribution is 5.83. The third kappa shape index (κ3) is 10.6. The summed E-state index contributed by atoms with van der Waals surface area (Å²) in [6, 6.07) is 24.7. The summed E-state index contributed by atoms with van der Waals surface area (Å²) in [5.41, 5.74) is 8.05. The van der Waals surface area contributed by atoms with Crippen molar-refractivity contribution >= 4 is 17.8 Å². The summed E-state index contributed by atoms with van der Waals surface area (Å²) in [6.45, 7) is 3.30. The van der Waals surface area contributed by atoms with Gasteiger partial charge in [-0.3, -0.25) is 14.4 Å². The quantitative estimate of drug-likeness (QED) is 0.135. The van der Waals surface area contributed by atoms with Crippen molar-refractivity contribution in [2.75, 3.05) is 6.61 Å². The molecule has 0 radical (unpaired) electrons. The third-order valence-corrected chi connectivity index (χ3v) is 7.13. The van der Waals surface area contributed by atoms with Crippen LogP contribution in [0.15, 0.2) is 91.0 Å². The van der Waals surface area contributed by atoms with Gasteiger partial charge >= 0.3 is 5.97 Å². The summed E-state index contributed by atoms with van der Waals surface area (Å²) in [5.74, 6) is -1.85. The van der Waals surface area contributed by atoms with Gasteiger partial charge < -0.3 is 36.4 Å². The predicted molar refractivity (Wildman–Crippen MR) is 166 cm³/mol. The van der Waals surface area contributed by atoms with Crippen LogP contribution in [0.2, 0.25) is 0 Å². The maximum atomic E-state index is 13.3. The highest BCUT2D eigenvalue weighted by Gasteiger charge is 2.31. The van der Waals surface area contributed by atoms with Crippen molar-refractivity contribution < 1.29 is 34.4 Å². The number of amides is 2. The second-order valence-electron chi connectivity index (χ2n) is 11.2. The van der Waals surface area contributed by atoms with Crippen LogP contribution in [0.5, 0.6) is 0 Å². The topological polar surface area (TPSA) is 171 Å². The average Bonchev–Trinajstić information content (AvgIpc) is 3.03. The second-order valence-corrected chi connectivity index (χ2v) is 11.2. The minimum atomic E-state index is -1.91. The van der Waals surface area contributed by atoms with Crippen LogP contribution in [-0.4, -0.2) is 64.0 Å². The Morgan fingerprint density at radius 2 is 1.25 bits per heavy atom. The average molecular weight is 606 g/mol. The molecule has 0 aliphatic carbocycles. The maximum Gasteiger partial charge on any atom is 0.309 e. The molecule has 3 rings (SSSR count). The Hall–Kier alpha value is -4.09. The molecule has 2 amide bonds. The van der Waals surface area contributed by atoms with Crippen molar-refractivity contribution in [1.82, 2.24) is 10.6 Å². The standard InChI is InChI=1S/C34H43N3O7/c1-22(2)18-27(35)33(42)36-26(21-38)19-29(39)31(41)34(43)37-28(23-12-6-3-7-13-23)20-30(40)44-32(24-14-8-4-9-15-24)25-16-10-5-11-17-25/h3-17,22,26-29,31-32,38-39,41H,18-21,35H2,1-2H3,(H,36,42)(H,37,43)/t26-,27+,28+,29-,31+/m1/s1. The second kappa shape index (κ2) is 17.3. The number of ether oxygens (including phenoxy) is 1. The van der Waals surface area contributed by atoms with E-state index in [2.05, 4.69) is 10.6 Å². The molecule has 0 aromatic heterocycles. The summed E-state index contributed by atoms with van der Waals surface area (Å²) in [7, 11) is 0. The number of aliphatic hydroxyl groups excluding tert-OH is 3. The number of carbonyl (C=O) groups is 3. The monoisotopic (exact) mass is 605 g/mol. The normalized spacial score (nSPS) is 14.7. The van der Waals surface area contributed by atoms with E-state index in [1.807, 2.05) is 74.5 Å². The van der Waals surface area contributed by atoms with Gasteiger partial charge in [-0.1, -0.05) is 105 Å². The molecule has 7 N–H and O–H groups in total. The Morgan fingerprint density at radius 3 is 1.73 bits per heavy atom. The molecule has 0 bridgehead atoms. The molecule has 5 atom stereocenters. The maximum absolute atomic E-state index is 13.3. The number of esters is 1. The molecule has 3 aromatic rings. The number of hydrogen-bond acceptors (Lipinski definition) is 8. The van der Waals surface area contributed by atoms with E-state index >= 15 is 0 Å². The zero-order chi connectivity index (χ0) is 32.1. The van der Waals surface area contributed by atoms with E-state index in [9.17, 15) is 29.7 Å². The highest BCUT2D eigenvalue weighted by atomic mass is 16.5. The Bertz CT molecular complexity index is 1270. The van der Waals surface area contributed by atoms with Crippen LogP contribution in [-0.2, 0) is 19.1 Å². The fourth-order valence-corrected chi connectivity index (χ4v) is 4.82. The molecular formula is C34H43N3O7. The van der Waals surface area contributed by atoms with E-state index < -0.39 is 60.8 Å². The molecule has 10 nitrogen and oxygen atoms in total. The van der Waals surface area contributed by atoms with E-state index in [1.54, 1.807) is 30.3 Å². The molecule has 0 unspecified atom stereocenters. The molecular weight excluding hydrogens is 562 g/mol. The minimum Gasteiger partial charge on any atom is -0.452 e. The number of nitrogens with one attached hydrogen (secondary N) is 2. The van der Waals surface area contributed by atoms with Gasteiger partial charge in [0.15, 0.2) is 12.2 Å². The summed E-state index contributed by atoms with van der Waals surface area (Å²) in [6.07, 6.45) is -4.34. The number of benzene rings is 3. The molecule has 10 heteroatoms. The van der Waals surface area contributed by atoms with Gasteiger partial charge in [0.25, 0.3) is 5.91 Å². The molecule has 0 aliphatic heterocycles. The largest absolute Gasteiger partial charge is 0.452 e. The van der Waals surface area contributed by atoms with Gasteiger partial charge in [0.2, 0.25) is 5.91 Å². The first kappa shape index (κ1) is 34.4. The Morgan fingerprint density at radius 1 is 0.750 bits per heavy atom. The van der Waals surface area contributed by atoms with Gasteiger partial charge in [-0.25, -0.2) is 0 Å². The molecule has 0 aliphatic rings. The lowest BCUT2D eigenvalue weighted by Gasteiger charge is -2.26. The van der Waals surface area contributed by atoms with Crippen LogP contribution in [0, 0.1) is 5.92 Å². The Balaban J connectivity index is 1.69. The lowest BCUT2D eigenvalue weighted by molar-refractivity contribution is -0.148. The first-order chi connectivity index (χ1) is 21.1. The van der Waals surface area contributed by atoms with Crippen LogP contribution in [0.25, 0.3) is 0 Å². The first-order valence-electron chi connectivity index (χ1n) is 14.8. The summed E-state index contributed by atoms with van der Waals surface area (Å²) in [5, 5.41) is 36.2. The number of aliphatic hydroxyl groups is 3. The Kier molecular flexibility index (Phi) is 13.5. The number of nitrogens with two attached hydrogens (primary N) is 1. The number of carbonyl (C=O) groups excluding carboxylic acids is 3. The zero-order valence-electron chi connectivity index (χ0n) is 25.1. The first-order valence-corrected chi connectivity index (χ1v) is 14.8. The van der Waals surface area contributed by atoms with E-state index in [0.29, 0.717) is 12.0 Å². The van der Waals surface area contributed by atoms with Gasteiger partial charge in [0, 0.05) is 0 Å². The zero-order valence-corrected chi connectivity index (χ0v) is 25.1. The van der Waals surface area contributed by atoms with Gasteiger partial charge in [0.1, 0.15) is 0 Å². The molecule has 0 spiro atoms. The number of hydrogen-bond donors (Lipinski definition) is 6. The lowest BCUT2D eigenvalue weighted by Crippen LogP contribution is -2.51. The van der Waals surface area contributed by atoms with E-state index in [0.717, 1.165) is 11.1 Å². The van der Waals surface area contributed by atoms with Crippen molar-refractivity contribution in [3.63, 3.8) is 0 Å². The molecule has 44 heavy (non-hydrogen) atoms. The fraction of sp³-hybridized carbons (Fsp3) is 0.382. The Labute approximate surface area is 258 Å². The van der Waals surface area contributed by atoms with Gasteiger partial charge in [0.05, 0.1) is 37.3 Å². The molecule has 0 saturated heterocycles. The van der Waals surface area contributed by atoms with Gasteiger partial charge in [-0.05, 0) is 35.4 Å². The van der Waals surface area contributed by atoms with Gasteiger partial charge in [-0.15, -0.1) is 0 Å². The molecule has 0 fully saturated rings. The van der Waals surface area contributed by atoms with Crippen LogP contribution in [0.3, 0.4) is 0 Å². The van der Waals surface area contributed by atoms with Crippen molar-refractivity contribution in [3.05, 3.63) is 108 Å². The predicted octanol–water partition coefficient (Wildman–Crippen LogP) is 2.53. The van der Waals surface area contributed by atoms with Crippen molar-refractivity contribution in [2.45, 2.75) is 69.5 Å². The summed E-state index contributed by atoms with van der Waals surface area (Å²) in [4.78, 5) is 38.8. The van der Waals surface area contributed by atoms with Crippen LogP contribution >= 0.6 is 0 Å². The van der Waals surface area contributed by atoms with Gasteiger partial charge in [-0.2, -0.15) is 0 Å². The van der Waals surface area contributed by atoms with Crippen LogP contribution < -0.4 is 16.4 Å². The van der Waals surface area contributed by atoms with E-state index in [4.69, 9.17) is 10.5 Å². The fourth-order valence-electron chi connectivity index (χ4n) is 4.82. The van der Waals surface area contributed by atoms with Crippen molar-refractivity contribution in [2.24, 2.45) is 11.7 Å². The molecule has 0 saturated carbocycles. The highest BCUT2D eigenvalue weighted by Crippen LogP contribution is 2.28. The summed E-state index contributed by atoms with van der Waals surface area (Å²) >= 11 is 0. The van der Waals surface area contributed by atoms with E-state index in [1.165, 1.54) is 0 Å². The summed E-state index contributed by atoms with van der Waals surface area (Å²) < 4.78 is 5.93. The lowest BCUT2D eigenvalue weighted by atomic mass is 10.00. The van der Waals surface area contributed by atoms with Crippen LogP contribution in [0.4, 0.5) is 0 Å². The number of rotatable bonds is 16. The SMILES string of the molecule is CC(C)C[C@H](N)C(=O)N[C@@H](CO)C[C@@H](O)[C@H](O)C(=O)N[C@@H](CC(=O)OC(c1ccccc1)c1ccccc1)c1ccccc1. The van der Waals surface area contributed by atoms with Crippen LogP contribution in [0.1, 0.15) is 61.9 Å². The van der Waals surface area contributed by atoms with Crippen molar-refractivity contribution in [3.8, 4) is 0 Å². The third-order valence-electron chi connectivity index (χ3n) is 7.13. The van der Waals surface area contributed by atoms with E-state index in [-0.39, 0.29) is 18.8 Å². The van der Waals surface area contributed by atoms with Crippen molar-refractivity contribution in [1.29, 1.82) is 0 Å². The molecule has 236 valence electrons. The smallest absolute Gasteiger partial charge is 0.309 e. The molecule has 3 aromatic carbocycles.